The molecule has 0 bridgehead atoms. The second-order valence-corrected chi connectivity index (χ2v) is 8.02. The van der Waals surface area contributed by atoms with Gasteiger partial charge in [-0.05, 0) is 31.2 Å². The molecule has 1 N–H and O–H groups in total. The number of allylic oxidation sites excluding steroid dienone is 2. The predicted molar refractivity (Wildman–Crippen MR) is 119 cm³/mol. The summed E-state index contributed by atoms with van der Waals surface area (Å²) in [6.07, 6.45) is 5.30. The summed E-state index contributed by atoms with van der Waals surface area (Å²) in [5, 5.41) is 8.99. The molecule has 2 aromatic rings. The summed E-state index contributed by atoms with van der Waals surface area (Å²) in [4.78, 5) is 25.9. The highest BCUT2D eigenvalue weighted by Gasteiger charge is 2.35. The van der Waals surface area contributed by atoms with Crippen LogP contribution in [-0.4, -0.2) is 26.2 Å². The number of thiocarbonyl (C=S) groups is 1. The molecule has 1 unspecified atom stereocenters. The van der Waals surface area contributed by atoms with Crippen LogP contribution in [-0.2, 0) is 4.79 Å². The maximum Gasteiger partial charge on any atom is 0.335 e. The lowest BCUT2D eigenvalue weighted by molar-refractivity contribution is -0.121. The maximum atomic E-state index is 12.9. The zero-order valence-electron chi connectivity index (χ0n) is 15.9. The number of carbonyl (C=O) groups is 2. The van der Waals surface area contributed by atoms with Gasteiger partial charge in [0.25, 0.3) is 5.91 Å². The molecular formula is C22H19NO4S2. The maximum absolute atomic E-state index is 12.9. The molecular weight excluding hydrogens is 406 g/mol. The average Bonchev–Trinajstić information content (AvgIpc) is 3.28. The quantitative estimate of drug-likeness (QED) is 0.371. The van der Waals surface area contributed by atoms with Gasteiger partial charge in [0, 0.05) is 23.3 Å². The van der Waals surface area contributed by atoms with Crippen LogP contribution in [0.5, 0.6) is 0 Å². The topological polar surface area (TPSA) is 70.8 Å². The molecule has 1 aromatic carbocycles. The van der Waals surface area contributed by atoms with Crippen LogP contribution < -0.4 is 0 Å². The highest BCUT2D eigenvalue weighted by Crippen LogP contribution is 2.37. The lowest BCUT2D eigenvalue weighted by Gasteiger charge is -2.21. The normalized spacial score (nSPS) is 17.1. The third-order valence-electron chi connectivity index (χ3n) is 4.48. The number of furan rings is 1. The molecule has 3 rings (SSSR count). The summed E-state index contributed by atoms with van der Waals surface area (Å²) in [6.45, 7) is 7.62. The molecule has 5 nitrogen and oxygen atoms in total. The van der Waals surface area contributed by atoms with Crippen LogP contribution in [0.1, 0.15) is 30.0 Å². The highest BCUT2D eigenvalue weighted by molar-refractivity contribution is 8.26. The Labute approximate surface area is 178 Å². The number of aromatic carboxylic acids is 1. The van der Waals surface area contributed by atoms with Crippen LogP contribution in [0, 0.1) is 5.92 Å². The number of hydrogen-bond donors (Lipinski definition) is 1. The molecule has 29 heavy (non-hydrogen) atoms. The van der Waals surface area contributed by atoms with Crippen LogP contribution in [0.15, 0.2) is 70.1 Å². The van der Waals surface area contributed by atoms with Crippen LogP contribution in [0.3, 0.4) is 0 Å². The highest BCUT2D eigenvalue weighted by atomic mass is 32.2. The van der Waals surface area contributed by atoms with Gasteiger partial charge in [0.2, 0.25) is 0 Å². The Kier molecular flexibility index (Phi) is 6.20. The third-order valence-corrected chi connectivity index (χ3v) is 5.79. The lowest BCUT2D eigenvalue weighted by atomic mass is 10.1. The smallest absolute Gasteiger partial charge is 0.335 e. The number of benzene rings is 1. The minimum Gasteiger partial charge on any atom is -0.478 e. The van der Waals surface area contributed by atoms with Gasteiger partial charge in [-0.1, -0.05) is 55.2 Å². The number of hydrogen-bond acceptors (Lipinski definition) is 5. The molecule has 0 aliphatic carbocycles. The first-order chi connectivity index (χ1) is 13.8. The van der Waals surface area contributed by atoms with Gasteiger partial charge in [0.05, 0.1) is 10.5 Å². The molecule has 1 aromatic heterocycles. The van der Waals surface area contributed by atoms with E-state index in [0.29, 0.717) is 20.7 Å². The molecule has 0 spiro atoms. The summed E-state index contributed by atoms with van der Waals surface area (Å²) in [7, 11) is 0. The van der Waals surface area contributed by atoms with Crippen LogP contribution in [0.25, 0.3) is 17.4 Å². The van der Waals surface area contributed by atoms with Gasteiger partial charge in [-0.2, -0.15) is 0 Å². The van der Waals surface area contributed by atoms with E-state index in [1.165, 1.54) is 28.8 Å². The Balaban J connectivity index is 1.84. The Hall–Kier alpha value is -2.90. The van der Waals surface area contributed by atoms with Gasteiger partial charge in [-0.15, -0.1) is 6.58 Å². The molecule has 2 heterocycles. The second-order valence-electron chi connectivity index (χ2n) is 6.34. The zero-order chi connectivity index (χ0) is 21.1. The van der Waals surface area contributed by atoms with Gasteiger partial charge in [-0.25, -0.2) is 4.79 Å². The van der Waals surface area contributed by atoms with Gasteiger partial charge in [0.1, 0.15) is 11.5 Å². The molecule has 7 heteroatoms. The SMILES string of the molecule is C=CC(C)/C(=C\C)N1C(=O)/C(=C/c2ccc(-c3ccc(C(=O)O)cc3)o2)SC1=S. The van der Waals surface area contributed by atoms with Crippen LogP contribution in [0.4, 0.5) is 0 Å². The lowest BCUT2D eigenvalue weighted by Crippen LogP contribution is -2.29. The monoisotopic (exact) mass is 425 g/mol. The van der Waals surface area contributed by atoms with Gasteiger partial charge in [-0.3, -0.25) is 9.69 Å². The van der Waals surface area contributed by atoms with Crippen molar-refractivity contribution in [2.45, 2.75) is 13.8 Å². The first kappa shape index (κ1) is 20.8. The van der Waals surface area contributed by atoms with Crippen molar-refractivity contribution in [2.24, 2.45) is 5.92 Å². The molecule has 0 saturated carbocycles. The van der Waals surface area contributed by atoms with E-state index in [1.54, 1.807) is 36.4 Å². The number of carboxylic acids is 1. The van der Waals surface area contributed by atoms with E-state index in [0.717, 1.165) is 11.3 Å². The number of thioether (sulfide) groups is 1. The van der Waals surface area contributed by atoms with E-state index in [2.05, 4.69) is 6.58 Å². The number of carbonyl (C=O) groups excluding carboxylic acids is 1. The van der Waals surface area contributed by atoms with Crippen molar-refractivity contribution in [2.75, 3.05) is 0 Å². The summed E-state index contributed by atoms with van der Waals surface area (Å²) in [6, 6.07) is 9.94. The first-order valence-electron chi connectivity index (χ1n) is 8.86. The van der Waals surface area contributed by atoms with Crippen molar-refractivity contribution in [1.29, 1.82) is 0 Å². The van der Waals surface area contributed by atoms with Crippen LogP contribution in [0.2, 0.25) is 0 Å². The van der Waals surface area contributed by atoms with E-state index in [9.17, 15) is 9.59 Å². The second kappa shape index (κ2) is 8.63. The third kappa shape index (κ3) is 4.26. The number of amides is 1. The van der Waals surface area contributed by atoms with Crippen molar-refractivity contribution >= 4 is 46.3 Å². The standard InChI is InChI=1S/C22H19NO4S2/c1-4-13(3)17(5-2)23-20(24)19(29-22(23)28)12-16-10-11-18(27-16)14-6-8-15(9-7-14)21(25)26/h4-13H,1H2,2-3H3,(H,25,26)/b17-5+,19-12-. The van der Waals surface area contributed by atoms with Gasteiger partial charge < -0.3 is 9.52 Å². The Morgan fingerprint density at radius 3 is 2.55 bits per heavy atom. The summed E-state index contributed by atoms with van der Waals surface area (Å²) < 4.78 is 6.30. The van der Waals surface area contributed by atoms with Gasteiger partial charge in [0.15, 0.2) is 4.32 Å². The predicted octanol–water partition coefficient (Wildman–Crippen LogP) is 5.57. The summed E-state index contributed by atoms with van der Waals surface area (Å²) in [5.74, 6) is -0.0823. The fraction of sp³-hybridized carbons (Fsp3) is 0.136. The molecule has 1 atom stereocenters. The molecule has 1 aliphatic heterocycles. The molecule has 1 saturated heterocycles. The van der Waals surface area contributed by atoms with E-state index in [-0.39, 0.29) is 17.4 Å². The Morgan fingerprint density at radius 2 is 1.97 bits per heavy atom. The van der Waals surface area contributed by atoms with E-state index >= 15 is 0 Å². The summed E-state index contributed by atoms with van der Waals surface area (Å²) >= 11 is 6.64. The minimum absolute atomic E-state index is 0.00848. The van der Waals surface area contributed by atoms with Crippen molar-refractivity contribution in [3.05, 3.63) is 77.1 Å². The van der Waals surface area contributed by atoms with Crippen molar-refractivity contribution in [3.63, 3.8) is 0 Å². The number of carboxylic acid groups (broad SMARTS) is 1. The molecule has 148 valence electrons. The zero-order valence-corrected chi connectivity index (χ0v) is 17.5. The Morgan fingerprint density at radius 1 is 1.28 bits per heavy atom. The van der Waals surface area contributed by atoms with Crippen molar-refractivity contribution < 1.29 is 19.1 Å². The largest absolute Gasteiger partial charge is 0.478 e. The van der Waals surface area contributed by atoms with Gasteiger partial charge >= 0.3 is 5.97 Å². The molecule has 1 fully saturated rings. The minimum atomic E-state index is -0.981. The van der Waals surface area contributed by atoms with E-state index < -0.39 is 5.97 Å². The van der Waals surface area contributed by atoms with Crippen molar-refractivity contribution in [1.82, 2.24) is 4.90 Å². The molecule has 1 aliphatic rings. The average molecular weight is 426 g/mol. The number of rotatable bonds is 6. The summed E-state index contributed by atoms with van der Waals surface area (Å²) in [5.41, 5.74) is 1.75. The molecule has 0 radical (unpaired) electrons. The van der Waals surface area contributed by atoms with Crippen LogP contribution >= 0.6 is 24.0 Å². The molecule has 1 amide bonds. The number of nitrogens with zero attached hydrogens (tertiary/aromatic N) is 1. The van der Waals surface area contributed by atoms with E-state index in [1.807, 2.05) is 19.9 Å². The Bertz CT molecular complexity index is 1050. The van der Waals surface area contributed by atoms with Crippen molar-refractivity contribution in [3.8, 4) is 11.3 Å². The first-order valence-corrected chi connectivity index (χ1v) is 10.1. The van der Waals surface area contributed by atoms with E-state index in [4.69, 9.17) is 21.7 Å². The fourth-order valence-electron chi connectivity index (χ4n) is 2.90. The fourth-order valence-corrected chi connectivity index (χ4v) is 4.18.